The van der Waals surface area contributed by atoms with Crippen molar-refractivity contribution in [1.29, 1.82) is 0 Å². The molecule has 0 saturated heterocycles. The molecule has 3 aromatic rings. The summed E-state index contributed by atoms with van der Waals surface area (Å²) in [6.45, 7) is 0. The van der Waals surface area contributed by atoms with Crippen molar-refractivity contribution in [2.75, 3.05) is 0 Å². The Balaban J connectivity index is 1.60. The van der Waals surface area contributed by atoms with Gasteiger partial charge in [0.05, 0.1) is 18.8 Å². The average molecular weight is 360 g/mol. The molecule has 0 aliphatic heterocycles. The fourth-order valence-electron chi connectivity index (χ4n) is 2.16. The molecule has 134 valence electrons. The summed E-state index contributed by atoms with van der Waals surface area (Å²) in [5.41, 5.74) is 6.27. The van der Waals surface area contributed by atoms with Crippen molar-refractivity contribution < 1.29 is 9.59 Å². The molecule has 27 heavy (non-hydrogen) atoms. The highest BCUT2D eigenvalue weighted by molar-refractivity contribution is 6.05. The van der Waals surface area contributed by atoms with E-state index >= 15 is 0 Å². The molecule has 3 rings (SSSR count). The number of amides is 2. The van der Waals surface area contributed by atoms with Gasteiger partial charge in [0, 0.05) is 0 Å². The summed E-state index contributed by atoms with van der Waals surface area (Å²) >= 11 is 0. The average Bonchev–Trinajstić information content (AvgIpc) is 3.20. The van der Waals surface area contributed by atoms with Gasteiger partial charge in [-0.3, -0.25) is 9.59 Å². The number of hydrogen-bond donors (Lipinski definition) is 3. The minimum absolute atomic E-state index is 0.00683. The number of aromatic nitrogens is 2. The molecule has 0 aliphatic rings. The first kappa shape index (κ1) is 17.7. The van der Waals surface area contributed by atoms with Gasteiger partial charge in [-0.15, -0.1) is 0 Å². The highest BCUT2D eigenvalue weighted by Crippen LogP contribution is 2.03. The zero-order chi connectivity index (χ0) is 18.9. The van der Waals surface area contributed by atoms with Crippen LogP contribution in [-0.4, -0.2) is 34.2 Å². The number of nitrogens with zero attached hydrogens (tertiary/aromatic N) is 3. The molecular weight excluding hydrogens is 344 g/mol. The minimum atomic E-state index is -0.611. The first-order valence-electron chi connectivity index (χ1n) is 8.04. The van der Waals surface area contributed by atoms with Gasteiger partial charge in [-0.2, -0.15) is 10.2 Å². The lowest BCUT2D eigenvalue weighted by Crippen LogP contribution is -2.25. The first-order chi connectivity index (χ1) is 13.2. The van der Waals surface area contributed by atoms with Crippen LogP contribution in [0.5, 0.6) is 0 Å². The van der Waals surface area contributed by atoms with Crippen molar-refractivity contribution in [2.24, 2.45) is 10.2 Å². The second-order valence-electron chi connectivity index (χ2n) is 5.35. The molecule has 0 atom stereocenters. The maximum absolute atomic E-state index is 12.2. The van der Waals surface area contributed by atoms with Crippen molar-refractivity contribution in [3.63, 3.8) is 0 Å². The number of imidazole rings is 1. The van der Waals surface area contributed by atoms with Gasteiger partial charge in [-0.1, -0.05) is 60.7 Å². The molecule has 2 amide bonds. The number of hydrazone groups is 2. The molecule has 0 bridgehead atoms. The fraction of sp³-hybridized carbons (Fsp3) is 0. The summed E-state index contributed by atoms with van der Waals surface area (Å²) in [7, 11) is 0. The van der Waals surface area contributed by atoms with Crippen molar-refractivity contribution in [2.45, 2.75) is 0 Å². The number of carbonyl (C=O) groups excluding carboxylic acids is 2. The Morgan fingerprint density at radius 3 is 1.89 bits per heavy atom. The van der Waals surface area contributed by atoms with Gasteiger partial charge in [0.2, 0.25) is 0 Å². The molecule has 0 radical (unpaired) electrons. The normalized spacial score (nSPS) is 11.0. The lowest BCUT2D eigenvalue weighted by Gasteiger charge is -2.01. The summed E-state index contributed by atoms with van der Waals surface area (Å²) in [6, 6.07) is 18.6. The molecule has 3 N–H and O–H groups in total. The van der Waals surface area contributed by atoms with E-state index in [1.807, 2.05) is 60.7 Å². The molecule has 1 heterocycles. The Hall–Kier alpha value is -4.07. The maximum atomic E-state index is 12.2. The molecule has 0 aliphatic carbocycles. The molecule has 8 nitrogen and oxygen atoms in total. The molecule has 0 saturated carbocycles. The van der Waals surface area contributed by atoms with Gasteiger partial charge >= 0.3 is 0 Å². The van der Waals surface area contributed by atoms with Crippen molar-refractivity contribution >= 4 is 24.2 Å². The lowest BCUT2D eigenvalue weighted by molar-refractivity contribution is 0.0915. The lowest BCUT2D eigenvalue weighted by atomic mass is 10.2. The zero-order valence-corrected chi connectivity index (χ0v) is 14.2. The van der Waals surface area contributed by atoms with Gasteiger partial charge in [0.25, 0.3) is 11.8 Å². The predicted molar refractivity (Wildman–Crippen MR) is 102 cm³/mol. The third-order valence-electron chi connectivity index (χ3n) is 3.44. The molecule has 0 fully saturated rings. The van der Waals surface area contributed by atoms with E-state index in [0.29, 0.717) is 0 Å². The standard InChI is InChI=1S/C19H16N6O2/c26-18(24-22-11-14-7-3-1-4-8-14)16-17(21-13-20-16)19(27)25-23-12-15-9-5-2-6-10-15/h1-13H,(H,20,21)(H,24,26)(H,25,27)/b22-11+,23-12+. The molecule has 1 aromatic heterocycles. The summed E-state index contributed by atoms with van der Waals surface area (Å²) in [6.07, 6.45) is 4.25. The van der Waals surface area contributed by atoms with E-state index in [4.69, 9.17) is 0 Å². The van der Waals surface area contributed by atoms with Crippen LogP contribution in [0.4, 0.5) is 0 Å². The second-order valence-corrected chi connectivity index (χ2v) is 5.35. The van der Waals surface area contributed by atoms with Crippen LogP contribution in [0.15, 0.2) is 77.2 Å². The third-order valence-corrected chi connectivity index (χ3v) is 3.44. The van der Waals surface area contributed by atoms with Gasteiger partial charge in [0.15, 0.2) is 5.69 Å². The Kier molecular flexibility index (Phi) is 5.82. The van der Waals surface area contributed by atoms with E-state index in [2.05, 4.69) is 31.0 Å². The van der Waals surface area contributed by atoms with Crippen LogP contribution < -0.4 is 10.9 Å². The van der Waals surface area contributed by atoms with E-state index in [9.17, 15) is 9.59 Å². The number of nitrogens with one attached hydrogen (secondary N) is 3. The van der Waals surface area contributed by atoms with Crippen LogP contribution in [0.1, 0.15) is 32.1 Å². The predicted octanol–water partition coefficient (Wildman–Crippen LogP) is 1.94. The van der Waals surface area contributed by atoms with E-state index < -0.39 is 11.8 Å². The highest BCUT2D eigenvalue weighted by Gasteiger charge is 2.19. The summed E-state index contributed by atoms with van der Waals surface area (Å²) in [5.74, 6) is -1.20. The van der Waals surface area contributed by atoms with Crippen LogP contribution in [0, 0.1) is 0 Å². The minimum Gasteiger partial charge on any atom is -0.340 e. The van der Waals surface area contributed by atoms with Crippen LogP contribution in [-0.2, 0) is 0 Å². The first-order valence-corrected chi connectivity index (χ1v) is 8.04. The van der Waals surface area contributed by atoms with E-state index in [1.54, 1.807) is 0 Å². The SMILES string of the molecule is O=C(N/N=C/c1ccccc1)c1nc[nH]c1C(=O)N/N=C/c1ccccc1. The number of rotatable bonds is 6. The van der Waals surface area contributed by atoms with Gasteiger partial charge in [0.1, 0.15) is 5.69 Å². The van der Waals surface area contributed by atoms with Crippen molar-refractivity contribution in [3.8, 4) is 0 Å². The quantitative estimate of drug-likeness (QED) is 0.461. The Bertz CT molecular complexity index is 886. The monoisotopic (exact) mass is 360 g/mol. The zero-order valence-electron chi connectivity index (χ0n) is 14.2. The Morgan fingerprint density at radius 1 is 0.815 bits per heavy atom. The van der Waals surface area contributed by atoms with Crippen molar-refractivity contribution in [3.05, 3.63) is 89.5 Å². The van der Waals surface area contributed by atoms with E-state index in [-0.39, 0.29) is 11.4 Å². The molecular formula is C19H16N6O2. The van der Waals surface area contributed by atoms with Crippen LogP contribution in [0.25, 0.3) is 0 Å². The number of carbonyl (C=O) groups is 2. The van der Waals surface area contributed by atoms with Crippen molar-refractivity contribution in [1.82, 2.24) is 20.8 Å². The summed E-state index contributed by atoms with van der Waals surface area (Å²) in [4.78, 5) is 30.9. The number of H-pyrrole nitrogens is 1. The second kappa shape index (κ2) is 8.86. The summed E-state index contributed by atoms with van der Waals surface area (Å²) < 4.78 is 0. The smallest absolute Gasteiger partial charge is 0.292 e. The number of benzene rings is 2. The number of hydrogen-bond acceptors (Lipinski definition) is 5. The van der Waals surface area contributed by atoms with E-state index in [0.717, 1.165) is 11.1 Å². The largest absolute Gasteiger partial charge is 0.340 e. The Morgan fingerprint density at radius 2 is 1.33 bits per heavy atom. The van der Waals surface area contributed by atoms with E-state index in [1.165, 1.54) is 18.8 Å². The van der Waals surface area contributed by atoms with Gasteiger partial charge in [-0.25, -0.2) is 15.8 Å². The van der Waals surface area contributed by atoms with Crippen LogP contribution >= 0.6 is 0 Å². The van der Waals surface area contributed by atoms with Gasteiger partial charge < -0.3 is 4.98 Å². The summed E-state index contributed by atoms with van der Waals surface area (Å²) in [5, 5.41) is 7.73. The highest BCUT2D eigenvalue weighted by atomic mass is 16.2. The Labute approximate surface area is 155 Å². The van der Waals surface area contributed by atoms with Gasteiger partial charge in [-0.05, 0) is 11.1 Å². The molecule has 0 unspecified atom stereocenters. The van der Waals surface area contributed by atoms with Crippen LogP contribution in [0.3, 0.4) is 0 Å². The third kappa shape index (κ3) is 4.95. The maximum Gasteiger partial charge on any atom is 0.292 e. The molecule has 2 aromatic carbocycles. The molecule has 0 spiro atoms. The molecule has 8 heteroatoms. The van der Waals surface area contributed by atoms with Crippen LogP contribution in [0.2, 0.25) is 0 Å². The number of aromatic amines is 1. The fourth-order valence-corrected chi connectivity index (χ4v) is 2.16. The topological polar surface area (TPSA) is 112 Å².